The first-order valence-corrected chi connectivity index (χ1v) is 19.7. The minimum Gasteiger partial charge on any atom is -0.308 e. The predicted molar refractivity (Wildman–Crippen MR) is 236 cm³/mol. The summed E-state index contributed by atoms with van der Waals surface area (Å²) in [5.41, 5.74) is 6.19. The molecule has 0 radical (unpaired) electrons. The molecule has 5 heteroatoms. The van der Waals surface area contributed by atoms with Gasteiger partial charge in [-0.15, -0.1) is 11.3 Å². The Kier molecular flexibility index (Phi) is 6.76. The van der Waals surface area contributed by atoms with Gasteiger partial charge in [0.2, 0.25) is 0 Å². The van der Waals surface area contributed by atoms with E-state index in [0.29, 0.717) is 17.5 Å². The van der Waals surface area contributed by atoms with Gasteiger partial charge in [0.25, 0.3) is 0 Å². The Balaban J connectivity index is 1.19. The lowest BCUT2D eigenvalue weighted by atomic mass is 10.0. The summed E-state index contributed by atoms with van der Waals surface area (Å²) < 4.78 is 4.89. The van der Waals surface area contributed by atoms with E-state index < -0.39 is 0 Å². The van der Waals surface area contributed by atoms with Crippen molar-refractivity contribution in [3.05, 3.63) is 182 Å². The minimum absolute atomic E-state index is 0.632. The zero-order valence-corrected chi connectivity index (χ0v) is 30.8. The van der Waals surface area contributed by atoms with Gasteiger partial charge in [0.05, 0.1) is 22.3 Å². The molecule has 56 heavy (non-hydrogen) atoms. The van der Waals surface area contributed by atoms with Gasteiger partial charge in [0.15, 0.2) is 17.5 Å². The fraction of sp³-hybridized carbons (Fsp3) is 0. The van der Waals surface area contributed by atoms with E-state index in [9.17, 15) is 0 Å². The highest BCUT2D eigenvalue weighted by molar-refractivity contribution is 7.25. The molecule has 0 saturated heterocycles. The largest absolute Gasteiger partial charge is 0.308 e. The lowest BCUT2D eigenvalue weighted by Gasteiger charge is -2.17. The van der Waals surface area contributed by atoms with Crippen LogP contribution in [0.2, 0.25) is 0 Å². The van der Waals surface area contributed by atoms with E-state index >= 15 is 0 Å². The van der Waals surface area contributed by atoms with Crippen molar-refractivity contribution in [1.29, 1.82) is 0 Å². The van der Waals surface area contributed by atoms with Crippen LogP contribution in [0.4, 0.5) is 0 Å². The second-order valence-electron chi connectivity index (χ2n) is 14.4. The monoisotopic (exact) mass is 730 g/mol. The molecule has 12 aromatic rings. The molecule has 4 nitrogen and oxygen atoms in total. The number of fused-ring (bicyclic) bond motifs is 9. The number of thiophene rings is 1. The molecule has 3 heterocycles. The summed E-state index contributed by atoms with van der Waals surface area (Å²) in [7, 11) is 0. The van der Waals surface area contributed by atoms with Gasteiger partial charge < -0.3 is 4.57 Å². The third-order valence-corrected chi connectivity index (χ3v) is 12.3. The highest BCUT2D eigenvalue weighted by Crippen LogP contribution is 2.42. The topological polar surface area (TPSA) is 43.6 Å². The fourth-order valence-electron chi connectivity index (χ4n) is 8.62. The molecule has 0 fully saturated rings. The number of nitrogens with zero attached hydrogens (tertiary/aromatic N) is 4. The van der Waals surface area contributed by atoms with Crippen molar-refractivity contribution < 1.29 is 0 Å². The standard InChI is InChI=1S/C51H30N4S/c1-2-15-34-29-45-42(28-33(34)14-1)38-19-7-9-22-43(38)55(45)44-27-25-32-13-4-6-18-37(32)48(44)51-53-49(35-24-26-40-39-20-8-10-23-46(39)56-47(40)30-35)52-50(54-51)41-21-11-16-31-12-3-5-17-36(31)41/h1-30H. The first kappa shape index (κ1) is 31.2. The molecule has 0 aliphatic heterocycles. The minimum atomic E-state index is 0.632. The second-order valence-corrected chi connectivity index (χ2v) is 15.5. The molecule has 0 N–H and O–H groups in total. The third-order valence-electron chi connectivity index (χ3n) is 11.2. The van der Waals surface area contributed by atoms with Crippen molar-refractivity contribution >= 4 is 85.6 Å². The smallest absolute Gasteiger partial charge is 0.166 e. The summed E-state index contributed by atoms with van der Waals surface area (Å²) in [5, 5.41) is 11.8. The van der Waals surface area contributed by atoms with Crippen LogP contribution >= 0.6 is 11.3 Å². The zero-order valence-electron chi connectivity index (χ0n) is 30.0. The normalized spacial score (nSPS) is 11.9. The third kappa shape index (κ3) is 4.75. The summed E-state index contributed by atoms with van der Waals surface area (Å²) in [6.45, 7) is 0. The van der Waals surface area contributed by atoms with Crippen LogP contribution < -0.4 is 0 Å². The van der Waals surface area contributed by atoms with Gasteiger partial charge in [-0.05, 0) is 68.7 Å². The molecule has 12 rings (SSSR count). The van der Waals surface area contributed by atoms with Gasteiger partial charge in [0, 0.05) is 42.1 Å². The van der Waals surface area contributed by atoms with Gasteiger partial charge in [-0.25, -0.2) is 15.0 Å². The van der Waals surface area contributed by atoms with Crippen molar-refractivity contribution in [2.75, 3.05) is 0 Å². The van der Waals surface area contributed by atoms with Gasteiger partial charge in [-0.2, -0.15) is 0 Å². The van der Waals surface area contributed by atoms with Crippen LogP contribution in [-0.4, -0.2) is 19.5 Å². The quantitative estimate of drug-likeness (QED) is 0.181. The lowest BCUT2D eigenvalue weighted by molar-refractivity contribution is 1.07. The summed E-state index contributed by atoms with van der Waals surface area (Å²) in [4.78, 5) is 16.2. The number of para-hydroxylation sites is 1. The van der Waals surface area contributed by atoms with Gasteiger partial charge in [-0.1, -0.05) is 146 Å². The second kappa shape index (κ2) is 12.2. The Hall–Kier alpha value is -7.21. The number of benzene rings is 9. The van der Waals surface area contributed by atoms with Crippen molar-refractivity contribution in [2.45, 2.75) is 0 Å². The van der Waals surface area contributed by atoms with E-state index in [2.05, 4.69) is 187 Å². The zero-order chi connectivity index (χ0) is 36.7. The van der Waals surface area contributed by atoms with Crippen LogP contribution in [0.25, 0.3) is 114 Å². The Morgan fingerprint density at radius 1 is 0.357 bits per heavy atom. The molecule has 3 aromatic heterocycles. The predicted octanol–water partition coefficient (Wildman–Crippen LogP) is 13.8. The van der Waals surface area contributed by atoms with E-state index in [4.69, 9.17) is 15.0 Å². The molecule has 0 atom stereocenters. The molecule has 0 amide bonds. The summed E-state index contributed by atoms with van der Waals surface area (Å²) in [6, 6.07) is 65.1. The van der Waals surface area contributed by atoms with Crippen molar-refractivity contribution in [1.82, 2.24) is 19.5 Å². The lowest BCUT2D eigenvalue weighted by Crippen LogP contribution is -2.04. The maximum absolute atomic E-state index is 5.44. The van der Waals surface area contributed by atoms with Crippen LogP contribution in [-0.2, 0) is 0 Å². The molecule has 0 saturated carbocycles. The van der Waals surface area contributed by atoms with Crippen LogP contribution in [0.3, 0.4) is 0 Å². The van der Waals surface area contributed by atoms with Crippen LogP contribution in [0, 0.1) is 0 Å². The number of hydrogen-bond donors (Lipinski definition) is 0. The van der Waals surface area contributed by atoms with Crippen molar-refractivity contribution in [3.8, 4) is 39.9 Å². The average Bonchev–Trinajstić information content (AvgIpc) is 3.79. The van der Waals surface area contributed by atoms with E-state index in [1.165, 1.54) is 41.7 Å². The fourth-order valence-corrected chi connectivity index (χ4v) is 9.76. The van der Waals surface area contributed by atoms with Crippen molar-refractivity contribution in [2.24, 2.45) is 0 Å². The highest BCUT2D eigenvalue weighted by Gasteiger charge is 2.22. The molecule has 260 valence electrons. The number of hydrogen-bond acceptors (Lipinski definition) is 4. The number of rotatable bonds is 4. The Morgan fingerprint density at radius 2 is 0.982 bits per heavy atom. The molecule has 0 spiro atoms. The van der Waals surface area contributed by atoms with Gasteiger partial charge >= 0.3 is 0 Å². The summed E-state index contributed by atoms with van der Waals surface area (Å²) in [6.07, 6.45) is 0. The average molecular weight is 731 g/mol. The number of aromatic nitrogens is 4. The van der Waals surface area contributed by atoms with E-state index in [1.807, 2.05) is 0 Å². The maximum Gasteiger partial charge on any atom is 0.166 e. The highest BCUT2D eigenvalue weighted by atomic mass is 32.1. The Bertz CT molecular complexity index is 3550. The van der Waals surface area contributed by atoms with E-state index in [-0.39, 0.29) is 0 Å². The molecule has 0 unspecified atom stereocenters. The van der Waals surface area contributed by atoms with Gasteiger partial charge in [0.1, 0.15) is 0 Å². The molecular weight excluding hydrogens is 701 g/mol. The summed E-state index contributed by atoms with van der Waals surface area (Å²) in [5.74, 6) is 1.92. The molecule has 0 aliphatic rings. The SMILES string of the molecule is c1ccc2cc3c(cc2c1)c1ccccc1n3-c1ccc2ccccc2c1-c1nc(-c2ccc3c(c2)sc2ccccc23)nc(-c2cccc3ccccc23)n1. The van der Waals surface area contributed by atoms with E-state index in [0.717, 1.165) is 55.0 Å². The summed E-state index contributed by atoms with van der Waals surface area (Å²) >= 11 is 1.80. The Labute approximate surface area is 325 Å². The van der Waals surface area contributed by atoms with Gasteiger partial charge in [-0.3, -0.25) is 0 Å². The van der Waals surface area contributed by atoms with Crippen molar-refractivity contribution in [3.63, 3.8) is 0 Å². The molecular formula is C51H30N4S. The molecule has 0 aliphatic carbocycles. The first-order chi connectivity index (χ1) is 27.7. The Morgan fingerprint density at radius 3 is 1.84 bits per heavy atom. The molecule has 9 aromatic carbocycles. The molecule has 0 bridgehead atoms. The maximum atomic E-state index is 5.44. The van der Waals surface area contributed by atoms with Crippen LogP contribution in [0.5, 0.6) is 0 Å². The van der Waals surface area contributed by atoms with Crippen LogP contribution in [0.1, 0.15) is 0 Å². The van der Waals surface area contributed by atoms with E-state index in [1.54, 1.807) is 11.3 Å². The van der Waals surface area contributed by atoms with Crippen LogP contribution in [0.15, 0.2) is 182 Å². The first-order valence-electron chi connectivity index (χ1n) is 18.9.